The normalized spacial score (nSPS) is 16.7. The number of likely N-dealkylation sites (tertiary alicyclic amines) is 1. The molecule has 1 aromatic heterocycles. The van der Waals surface area contributed by atoms with Crippen LogP contribution in [0.1, 0.15) is 39.4 Å². The van der Waals surface area contributed by atoms with E-state index in [-0.39, 0.29) is 11.7 Å². The quantitative estimate of drug-likeness (QED) is 0.845. The van der Waals surface area contributed by atoms with Crippen LogP contribution in [-0.4, -0.2) is 52.2 Å². The highest BCUT2D eigenvalue weighted by molar-refractivity contribution is 7.89. The number of nitrogens with zero attached hydrogens (tertiary/aromatic N) is 1. The number of hydrogen-bond acceptors (Lipinski definition) is 5. The molecule has 2 heterocycles. The minimum Gasteiger partial charge on any atom is -0.338 e. The van der Waals surface area contributed by atoms with Gasteiger partial charge in [-0.3, -0.25) is 4.79 Å². The Labute approximate surface area is 143 Å². The third kappa shape index (κ3) is 5.29. The van der Waals surface area contributed by atoms with E-state index in [1.807, 2.05) is 18.9 Å². The fraction of sp³-hybridized carbons (Fsp3) is 0.688. The maximum absolute atomic E-state index is 12.6. The summed E-state index contributed by atoms with van der Waals surface area (Å²) in [4.78, 5) is 16.1. The first-order chi connectivity index (χ1) is 10.8. The van der Waals surface area contributed by atoms with Gasteiger partial charge < -0.3 is 10.2 Å². The van der Waals surface area contributed by atoms with E-state index in [2.05, 4.69) is 5.32 Å². The van der Waals surface area contributed by atoms with Crippen molar-refractivity contribution in [2.75, 3.05) is 32.9 Å². The Morgan fingerprint density at radius 1 is 1.39 bits per heavy atom. The Balaban J connectivity index is 1.98. The largest absolute Gasteiger partial charge is 0.338 e. The number of amides is 1. The van der Waals surface area contributed by atoms with Crippen molar-refractivity contribution in [2.24, 2.45) is 5.92 Å². The Bertz CT molecular complexity index is 644. The number of rotatable bonds is 6. The summed E-state index contributed by atoms with van der Waals surface area (Å²) >= 11 is 1.41. The van der Waals surface area contributed by atoms with Gasteiger partial charge in [0.05, 0.1) is 10.6 Å². The first-order valence-corrected chi connectivity index (χ1v) is 10.9. The highest BCUT2D eigenvalue weighted by atomic mass is 32.2. The molecule has 5 nitrogen and oxygen atoms in total. The third-order valence-corrected chi connectivity index (χ3v) is 6.27. The van der Waals surface area contributed by atoms with Crippen LogP contribution in [0.2, 0.25) is 0 Å². The van der Waals surface area contributed by atoms with Crippen LogP contribution in [0.5, 0.6) is 0 Å². The Morgan fingerprint density at radius 2 is 2.04 bits per heavy atom. The summed E-state index contributed by atoms with van der Waals surface area (Å²) in [6.07, 6.45) is 4.48. The van der Waals surface area contributed by atoms with E-state index >= 15 is 0 Å². The molecular formula is C16H26N2O3S2. The molecule has 0 unspecified atom stereocenters. The summed E-state index contributed by atoms with van der Waals surface area (Å²) < 4.78 is 22.9. The molecule has 2 rings (SSSR count). The molecule has 0 aliphatic carbocycles. The number of hydrogen-bond donors (Lipinski definition) is 1. The monoisotopic (exact) mass is 358 g/mol. The van der Waals surface area contributed by atoms with E-state index in [9.17, 15) is 13.2 Å². The topological polar surface area (TPSA) is 66.5 Å². The SMILES string of the molecule is CNCCC1CCN(C(=O)c2cc(CS(C)(=O)=O)c(C)s2)CC1. The maximum atomic E-state index is 12.6. The van der Waals surface area contributed by atoms with Crippen LogP contribution < -0.4 is 5.32 Å². The summed E-state index contributed by atoms with van der Waals surface area (Å²) in [6, 6.07) is 1.76. The van der Waals surface area contributed by atoms with E-state index < -0.39 is 9.84 Å². The van der Waals surface area contributed by atoms with E-state index in [1.165, 1.54) is 17.6 Å². The average Bonchev–Trinajstić information content (AvgIpc) is 2.84. The minimum absolute atomic E-state index is 0.00864. The smallest absolute Gasteiger partial charge is 0.263 e. The number of nitrogens with one attached hydrogen (secondary N) is 1. The average molecular weight is 359 g/mol. The predicted octanol–water partition coefficient (Wildman–Crippen LogP) is 2.06. The predicted molar refractivity (Wildman–Crippen MR) is 94.8 cm³/mol. The molecular weight excluding hydrogens is 332 g/mol. The zero-order valence-corrected chi connectivity index (χ0v) is 15.7. The standard InChI is InChI=1S/C16H26N2O3S2/c1-12-14(11-23(3,20)21)10-15(22-12)16(19)18-8-5-13(6-9-18)4-7-17-2/h10,13,17H,4-9,11H2,1-3H3. The van der Waals surface area contributed by atoms with Crippen molar-refractivity contribution in [1.29, 1.82) is 0 Å². The molecule has 1 saturated heterocycles. The second-order valence-electron chi connectivity index (χ2n) is 6.39. The summed E-state index contributed by atoms with van der Waals surface area (Å²) in [7, 11) is -1.11. The number of piperidine rings is 1. The number of thiophene rings is 1. The number of carbonyl (C=O) groups excluding carboxylic acids is 1. The Hall–Kier alpha value is -0.920. The van der Waals surface area contributed by atoms with Gasteiger partial charge in [-0.2, -0.15) is 0 Å². The van der Waals surface area contributed by atoms with Crippen molar-refractivity contribution in [2.45, 2.75) is 31.9 Å². The van der Waals surface area contributed by atoms with Gasteiger partial charge in [0, 0.05) is 24.2 Å². The number of sulfone groups is 1. The molecule has 0 radical (unpaired) electrons. The van der Waals surface area contributed by atoms with E-state index in [4.69, 9.17) is 0 Å². The first kappa shape index (κ1) is 18.4. The lowest BCUT2D eigenvalue weighted by Gasteiger charge is -2.31. The van der Waals surface area contributed by atoms with Gasteiger partial charge in [-0.25, -0.2) is 8.42 Å². The van der Waals surface area contributed by atoms with Crippen LogP contribution in [0, 0.1) is 12.8 Å². The highest BCUT2D eigenvalue weighted by Crippen LogP contribution is 2.27. The van der Waals surface area contributed by atoms with Gasteiger partial charge >= 0.3 is 0 Å². The second kappa shape index (κ2) is 7.77. The van der Waals surface area contributed by atoms with E-state index in [0.29, 0.717) is 10.8 Å². The van der Waals surface area contributed by atoms with Crippen molar-refractivity contribution in [3.63, 3.8) is 0 Å². The van der Waals surface area contributed by atoms with Crippen molar-refractivity contribution < 1.29 is 13.2 Å². The van der Waals surface area contributed by atoms with Crippen LogP contribution in [0.4, 0.5) is 0 Å². The molecule has 0 spiro atoms. The summed E-state index contributed by atoms with van der Waals surface area (Å²) in [5.74, 6) is 0.747. The van der Waals surface area contributed by atoms with Gasteiger partial charge in [-0.1, -0.05) is 0 Å². The molecule has 1 fully saturated rings. The molecule has 23 heavy (non-hydrogen) atoms. The Morgan fingerprint density at radius 3 is 2.61 bits per heavy atom. The fourth-order valence-electron chi connectivity index (χ4n) is 2.98. The van der Waals surface area contributed by atoms with Crippen LogP contribution >= 0.6 is 11.3 Å². The third-order valence-electron chi connectivity index (χ3n) is 4.35. The van der Waals surface area contributed by atoms with Crippen LogP contribution in [0.15, 0.2) is 6.07 Å². The lowest BCUT2D eigenvalue weighted by Crippen LogP contribution is -2.38. The molecule has 1 aliphatic rings. The summed E-state index contributed by atoms with van der Waals surface area (Å²) in [5.41, 5.74) is 0.754. The van der Waals surface area contributed by atoms with Crippen molar-refractivity contribution in [1.82, 2.24) is 10.2 Å². The van der Waals surface area contributed by atoms with Gasteiger partial charge in [0.2, 0.25) is 0 Å². The number of aryl methyl sites for hydroxylation is 1. The maximum Gasteiger partial charge on any atom is 0.263 e. The van der Waals surface area contributed by atoms with Gasteiger partial charge in [0.1, 0.15) is 0 Å². The molecule has 1 aromatic rings. The van der Waals surface area contributed by atoms with Gasteiger partial charge in [-0.15, -0.1) is 11.3 Å². The summed E-state index contributed by atoms with van der Waals surface area (Å²) in [6.45, 7) is 4.50. The molecule has 1 aliphatic heterocycles. The minimum atomic E-state index is -3.08. The Kier molecular flexibility index (Phi) is 6.22. The highest BCUT2D eigenvalue weighted by Gasteiger charge is 2.25. The van der Waals surface area contributed by atoms with Crippen LogP contribution in [0.25, 0.3) is 0 Å². The lowest BCUT2D eigenvalue weighted by atomic mass is 9.93. The van der Waals surface area contributed by atoms with Crippen molar-refractivity contribution >= 4 is 27.1 Å². The van der Waals surface area contributed by atoms with Crippen molar-refractivity contribution in [3.8, 4) is 0 Å². The summed E-state index contributed by atoms with van der Waals surface area (Å²) in [5, 5.41) is 3.17. The molecule has 0 aromatic carbocycles. The van der Waals surface area contributed by atoms with E-state index in [1.54, 1.807) is 6.07 Å². The molecule has 0 bridgehead atoms. The van der Waals surface area contributed by atoms with Crippen molar-refractivity contribution in [3.05, 3.63) is 21.4 Å². The van der Waals surface area contributed by atoms with Crippen LogP contribution in [-0.2, 0) is 15.6 Å². The second-order valence-corrected chi connectivity index (χ2v) is 9.79. The molecule has 0 saturated carbocycles. The fourth-order valence-corrected chi connectivity index (χ4v) is 4.95. The van der Waals surface area contributed by atoms with Gasteiger partial charge in [0.25, 0.3) is 5.91 Å². The molecule has 7 heteroatoms. The van der Waals surface area contributed by atoms with Gasteiger partial charge in [-0.05, 0) is 57.3 Å². The molecule has 0 atom stereocenters. The number of carbonyl (C=O) groups is 1. The zero-order chi connectivity index (χ0) is 17.0. The lowest BCUT2D eigenvalue weighted by molar-refractivity contribution is 0.0692. The molecule has 1 N–H and O–H groups in total. The van der Waals surface area contributed by atoms with Crippen LogP contribution in [0.3, 0.4) is 0 Å². The zero-order valence-electron chi connectivity index (χ0n) is 14.1. The van der Waals surface area contributed by atoms with E-state index in [0.717, 1.165) is 49.3 Å². The van der Waals surface area contributed by atoms with Gasteiger partial charge in [0.15, 0.2) is 9.84 Å². The molecule has 1 amide bonds. The molecule has 130 valence electrons. The first-order valence-electron chi connectivity index (χ1n) is 8.01.